The van der Waals surface area contributed by atoms with Crippen molar-refractivity contribution in [3.05, 3.63) is 33.3 Å². The Kier molecular flexibility index (Phi) is 4.07. The first-order valence-electron chi connectivity index (χ1n) is 7.02. The second kappa shape index (κ2) is 5.66. The lowest BCUT2D eigenvalue weighted by Crippen LogP contribution is -2.34. The van der Waals surface area contributed by atoms with Crippen LogP contribution in [0.1, 0.15) is 18.4 Å². The van der Waals surface area contributed by atoms with Crippen LogP contribution in [0.2, 0.25) is 5.02 Å². The van der Waals surface area contributed by atoms with Crippen LogP contribution in [-0.4, -0.2) is 29.9 Å². The van der Waals surface area contributed by atoms with Crippen molar-refractivity contribution < 1.29 is 4.79 Å². The molecule has 2 fully saturated rings. The van der Waals surface area contributed by atoms with Crippen LogP contribution >= 0.6 is 27.5 Å². The highest BCUT2D eigenvalue weighted by Crippen LogP contribution is 2.37. The summed E-state index contributed by atoms with van der Waals surface area (Å²) in [5.74, 6) is 1.29. The van der Waals surface area contributed by atoms with Gasteiger partial charge in [-0.25, -0.2) is 0 Å². The van der Waals surface area contributed by atoms with Crippen molar-refractivity contribution >= 4 is 33.4 Å². The minimum atomic E-state index is 0.176. The zero-order valence-corrected chi connectivity index (χ0v) is 13.5. The largest absolute Gasteiger partial charge is 0.342 e. The summed E-state index contributed by atoms with van der Waals surface area (Å²) in [5, 5.41) is 0.663. The summed E-state index contributed by atoms with van der Waals surface area (Å²) in [6.45, 7) is 1.69. The molecule has 0 aromatic heterocycles. The molecule has 5 heteroatoms. The standard InChI is InChI=1S/C15H18BrClN2O/c16-13-3-2-11(17)5-10(13)6-15(20)19-7-9-1-4-14(18)12(9)8-19/h2-3,5,9,12,14H,1,4,6-8,18H2. The van der Waals surface area contributed by atoms with Gasteiger partial charge in [-0.3, -0.25) is 4.79 Å². The quantitative estimate of drug-likeness (QED) is 0.884. The van der Waals surface area contributed by atoms with Crippen molar-refractivity contribution in [2.75, 3.05) is 13.1 Å². The van der Waals surface area contributed by atoms with E-state index in [1.54, 1.807) is 0 Å². The number of rotatable bonds is 2. The topological polar surface area (TPSA) is 46.3 Å². The van der Waals surface area contributed by atoms with E-state index in [0.29, 0.717) is 23.3 Å². The lowest BCUT2D eigenvalue weighted by molar-refractivity contribution is -0.129. The van der Waals surface area contributed by atoms with Crippen LogP contribution in [0, 0.1) is 11.8 Å². The van der Waals surface area contributed by atoms with Gasteiger partial charge in [-0.05, 0) is 48.4 Å². The van der Waals surface area contributed by atoms with Gasteiger partial charge in [-0.15, -0.1) is 0 Å². The van der Waals surface area contributed by atoms with Gasteiger partial charge in [0.25, 0.3) is 0 Å². The van der Waals surface area contributed by atoms with Crippen LogP contribution < -0.4 is 5.73 Å². The molecule has 3 rings (SSSR count). The van der Waals surface area contributed by atoms with Gasteiger partial charge < -0.3 is 10.6 Å². The average Bonchev–Trinajstić information content (AvgIpc) is 2.97. The van der Waals surface area contributed by atoms with Gasteiger partial charge in [0.15, 0.2) is 0 Å². The summed E-state index contributed by atoms with van der Waals surface area (Å²) in [4.78, 5) is 14.4. The monoisotopic (exact) mass is 356 g/mol. The smallest absolute Gasteiger partial charge is 0.227 e. The number of amides is 1. The molecule has 2 N–H and O–H groups in total. The Morgan fingerprint density at radius 3 is 2.95 bits per heavy atom. The second-order valence-corrected chi connectivity index (χ2v) is 7.17. The van der Waals surface area contributed by atoms with Gasteiger partial charge in [0.2, 0.25) is 5.91 Å². The van der Waals surface area contributed by atoms with Crippen LogP contribution in [0.25, 0.3) is 0 Å². The molecule has 3 nitrogen and oxygen atoms in total. The van der Waals surface area contributed by atoms with Gasteiger partial charge >= 0.3 is 0 Å². The molecule has 1 saturated carbocycles. The number of carbonyl (C=O) groups is 1. The molecular formula is C15H18BrClN2O. The highest BCUT2D eigenvalue weighted by atomic mass is 79.9. The van der Waals surface area contributed by atoms with Crippen LogP contribution in [0.4, 0.5) is 0 Å². The van der Waals surface area contributed by atoms with Crippen molar-refractivity contribution in [2.24, 2.45) is 17.6 Å². The summed E-state index contributed by atoms with van der Waals surface area (Å²) in [6, 6.07) is 5.83. The molecular weight excluding hydrogens is 340 g/mol. The van der Waals surface area contributed by atoms with Crippen LogP contribution in [0.5, 0.6) is 0 Å². The second-order valence-electron chi connectivity index (χ2n) is 5.88. The third kappa shape index (κ3) is 2.74. The maximum Gasteiger partial charge on any atom is 0.227 e. The first-order valence-corrected chi connectivity index (χ1v) is 8.19. The van der Waals surface area contributed by atoms with E-state index in [-0.39, 0.29) is 11.9 Å². The number of nitrogens with zero attached hydrogens (tertiary/aromatic N) is 1. The normalized spacial score (nSPS) is 28.8. The molecule has 1 amide bonds. The molecule has 1 saturated heterocycles. The van der Waals surface area contributed by atoms with Gasteiger partial charge in [-0.1, -0.05) is 27.5 Å². The van der Waals surface area contributed by atoms with Crippen LogP contribution in [0.3, 0.4) is 0 Å². The number of hydrogen-bond donors (Lipinski definition) is 1. The molecule has 108 valence electrons. The third-order valence-electron chi connectivity index (χ3n) is 4.61. The highest BCUT2D eigenvalue weighted by molar-refractivity contribution is 9.10. The van der Waals surface area contributed by atoms with Crippen LogP contribution in [0.15, 0.2) is 22.7 Å². The maximum atomic E-state index is 12.4. The molecule has 1 aromatic carbocycles. The molecule has 1 aliphatic heterocycles. The van der Waals surface area contributed by atoms with Gasteiger partial charge in [0.05, 0.1) is 6.42 Å². The maximum absolute atomic E-state index is 12.4. The van der Waals surface area contributed by atoms with E-state index >= 15 is 0 Å². The van der Waals surface area contributed by atoms with E-state index in [2.05, 4.69) is 15.9 Å². The molecule has 0 spiro atoms. The van der Waals surface area contributed by atoms with Crippen molar-refractivity contribution in [1.82, 2.24) is 4.90 Å². The molecule has 0 radical (unpaired) electrons. The average molecular weight is 358 g/mol. The van der Waals surface area contributed by atoms with Crippen molar-refractivity contribution in [1.29, 1.82) is 0 Å². The van der Waals surface area contributed by atoms with E-state index in [1.165, 1.54) is 0 Å². The first-order chi connectivity index (χ1) is 9.54. The lowest BCUT2D eigenvalue weighted by Gasteiger charge is -2.19. The molecule has 1 aliphatic carbocycles. The molecule has 3 unspecified atom stereocenters. The fourth-order valence-corrected chi connectivity index (χ4v) is 4.05. The molecule has 20 heavy (non-hydrogen) atoms. The minimum absolute atomic E-state index is 0.176. The number of benzene rings is 1. The Labute approximate surface area is 132 Å². The number of carbonyl (C=O) groups excluding carboxylic acids is 1. The SMILES string of the molecule is NC1CCC2CN(C(=O)Cc3cc(Cl)ccc3Br)CC12. The summed E-state index contributed by atoms with van der Waals surface area (Å²) in [7, 11) is 0. The van der Waals surface area contributed by atoms with E-state index in [9.17, 15) is 4.79 Å². The van der Waals surface area contributed by atoms with E-state index < -0.39 is 0 Å². The van der Waals surface area contributed by atoms with E-state index in [4.69, 9.17) is 17.3 Å². The summed E-state index contributed by atoms with van der Waals surface area (Å²) in [6.07, 6.45) is 2.67. The molecule has 1 heterocycles. The Morgan fingerprint density at radius 1 is 1.40 bits per heavy atom. The van der Waals surface area contributed by atoms with Gasteiger partial charge in [0.1, 0.15) is 0 Å². The molecule has 0 bridgehead atoms. The highest BCUT2D eigenvalue weighted by Gasteiger charge is 2.42. The first kappa shape index (κ1) is 14.4. The lowest BCUT2D eigenvalue weighted by atomic mass is 9.98. The molecule has 3 atom stereocenters. The summed E-state index contributed by atoms with van der Waals surface area (Å²) >= 11 is 9.47. The third-order valence-corrected chi connectivity index (χ3v) is 5.62. The van der Waals surface area contributed by atoms with Crippen LogP contribution in [-0.2, 0) is 11.2 Å². The zero-order chi connectivity index (χ0) is 14.3. The Bertz CT molecular complexity index is 537. The Hall–Kier alpha value is -0.580. The number of nitrogens with two attached hydrogens (primary N) is 1. The number of halogens is 2. The van der Waals surface area contributed by atoms with Crippen molar-refractivity contribution in [3.63, 3.8) is 0 Å². The fraction of sp³-hybridized carbons (Fsp3) is 0.533. The minimum Gasteiger partial charge on any atom is -0.342 e. The number of hydrogen-bond acceptors (Lipinski definition) is 2. The molecule has 1 aromatic rings. The van der Waals surface area contributed by atoms with E-state index in [1.807, 2.05) is 23.1 Å². The van der Waals surface area contributed by atoms with Crippen molar-refractivity contribution in [3.8, 4) is 0 Å². The summed E-state index contributed by atoms with van der Waals surface area (Å²) in [5.41, 5.74) is 7.06. The number of likely N-dealkylation sites (tertiary alicyclic amines) is 1. The van der Waals surface area contributed by atoms with Crippen molar-refractivity contribution in [2.45, 2.75) is 25.3 Å². The number of fused-ring (bicyclic) bond motifs is 1. The molecule has 2 aliphatic rings. The summed E-state index contributed by atoms with van der Waals surface area (Å²) < 4.78 is 0.936. The van der Waals surface area contributed by atoms with Gasteiger partial charge in [-0.2, -0.15) is 0 Å². The predicted octanol–water partition coefficient (Wildman–Crippen LogP) is 2.84. The Morgan fingerprint density at radius 2 is 2.20 bits per heavy atom. The van der Waals surface area contributed by atoms with E-state index in [0.717, 1.165) is 36.0 Å². The Balaban J connectivity index is 1.67. The zero-order valence-electron chi connectivity index (χ0n) is 11.2. The predicted molar refractivity (Wildman–Crippen MR) is 83.6 cm³/mol. The van der Waals surface area contributed by atoms with Gasteiger partial charge in [0, 0.05) is 28.6 Å². The fourth-order valence-electron chi connectivity index (χ4n) is 3.46.